The van der Waals surface area contributed by atoms with Crippen molar-refractivity contribution in [1.29, 1.82) is 0 Å². The fourth-order valence-corrected chi connectivity index (χ4v) is 4.89. The molecule has 14 heteroatoms. The molecule has 2 aromatic carbocycles. The molecule has 40 heavy (non-hydrogen) atoms. The Morgan fingerprint density at radius 1 is 1.20 bits per heavy atom. The molecule has 0 saturated carbocycles. The number of hydrogen-bond acceptors (Lipinski definition) is 8. The van der Waals surface area contributed by atoms with Crippen LogP contribution in [0.2, 0.25) is 5.02 Å². The van der Waals surface area contributed by atoms with Crippen molar-refractivity contribution in [2.24, 2.45) is 0 Å². The van der Waals surface area contributed by atoms with E-state index in [0.717, 1.165) is 10.1 Å². The maximum absolute atomic E-state index is 14.1. The lowest BCUT2D eigenvalue weighted by atomic mass is 9.95. The fourth-order valence-electron chi connectivity index (χ4n) is 4.71. The summed E-state index contributed by atoms with van der Waals surface area (Å²) in [4.78, 5) is 15.1. The van der Waals surface area contributed by atoms with E-state index in [0.29, 0.717) is 21.9 Å². The van der Waals surface area contributed by atoms with Gasteiger partial charge >= 0.3 is 12.1 Å². The minimum atomic E-state index is -4.82. The zero-order valence-corrected chi connectivity index (χ0v) is 22.0. The first kappa shape index (κ1) is 27.6. The summed E-state index contributed by atoms with van der Waals surface area (Å²) in [6, 6.07) is 9.86. The molecule has 3 heterocycles. The van der Waals surface area contributed by atoms with Crippen LogP contribution >= 0.6 is 11.6 Å². The molecular weight excluding hydrogens is 555 g/mol. The topological polar surface area (TPSA) is 125 Å². The van der Waals surface area contributed by atoms with Crippen LogP contribution in [0.15, 0.2) is 40.9 Å². The van der Waals surface area contributed by atoms with Gasteiger partial charge in [-0.25, -0.2) is 0 Å². The number of nitrogens with zero attached hydrogens (tertiary/aromatic N) is 5. The maximum atomic E-state index is 14.1. The minimum Gasteiger partial charge on any atom is -0.496 e. The Hall–Kier alpha value is -3.97. The van der Waals surface area contributed by atoms with Gasteiger partial charge in [0.15, 0.2) is 11.6 Å². The fraction of sp³-hybridized carbons (Fsp3) is 0.346. The number of rotatable bonds is 8. The first-order valence-corrected chi connectivity index (χ1v) is 12.6. The van der Waals surface area contributed by atoms with Crippen molar-refractivity contribution < 1.29 is 37.1 Å². The molecule has 0 spiro atoms. The Bertz CT molecular complexity index is 1550. The van der Waals surface area contributed by atoms with Crippen LogP contribution in [-0.4, -0.2) is 43.1 Å². The van der Waals surface area contributed by atoms with Crippen molar-refractivity contribution in [3.63, 3.8) is 0 Å². The van der Waals surface area contributed by atoms with Crippen molar-refractivity contribution in [2.75, 3.05) is 7.11 Å². The van der Waals surface area contributed by atoms with Gasteiger partial charge in [0.1, 0.15) is 18.0 Å². The molecule has 10 nitrogen and oxygen atoms in total. The standard InChI is InChI=1S/C26H23ClF3N5O5/c1-13-15(5-3-6-18(13)38-2)23-16-11-14(27)9-10-17(16)35-24(32-33-25(35)26(28,29)30)19(39-23)12-20-31-21(40-34-20)7-4-8-22(36)37/h3,5-6,9-11,19,23H,4,7-8,12H2,1-2H3,(H,36,37)/t19-,23-/m1/s1. The van der Waals surface area contributed by atoms with Crippen LogP contribution in [0.5, 0.6) is 5.75 Å². The number of hydrogen-bond donors (Lipinski definition) is 1. The van der Waals surface area contributed by atoms with Crippen molar-refractivity contribution in [1.82, 2.24) is 24.9 Å². The predicted molar refractivity (Wildman–Crippen MR) is 133 cm³/mol. The summed E-state index contributed by atoms with van der Waals surface area (Å²) in [5.41, 5.74) is 1.92. The molecule has 0 saturated heterocycles. The molecule has 0 amide bonds. The van der Waals surface area contributed by atoms with Crippen molar-refractivity contribution in [2.45, 2.75) is 51.0 Å². The summed E-state index contributed by atoms with van der Waals surface area (Å²) in [7, 11) is 1.52. The number of carboxylic acids is 1. The van der Waals surface area contributed by atoms with Gasteiger partial charge < -0.3 is 19.1 Å². The number of halogens is 4. The van der Waals surface area contributed by atoms with Crippen LogP contribution in [0.3, 0.4) is 0 Å². The number of ether oxygens (including phenoxy) is 2. The summed E-state index contributed by atoms with van der Waals surface area (Å²) in [6.45, 7) is 1.82. The van der Waals surface area contributed by atoms with Crippen molar-refractivity contribution in [3.05, 3.63) is 81.5 Å². The van der Waals surface area contributed by atoms with Gasteiger partial charge in [0.05, 0.1) is 12.8 Å². The van der Waals surface area contributed by atoms with Crippen molar-refractivity contribution in [3.8, 4) is 11.4 Å². The Labute approximate surface area is 230 Å². The van der Waals surface area contributed by atoms with Crippen LogP contribution in [0.1, 0.15) is 65.1 Å². The third-order valence-corrected chi connectivity index (χ3v) is 6.77. The van der Waals surface area contributed by atoms with E-state index in [1.165, 1.54) is 19.2 Å². The summed E-state index contributed by atoms with van der Waals surface area (Å²) < 4.78 is 60.6. The zero-order valence-electron chi connectivity index (χ0n) is 21.3. The van der Waals surface area contributed by atoms with E-state index in [4.69, 9.17) is 30.7 Å². The molecule has 5 rings (SSSR count). The molecule has 0 unspecified atom stereocenters. The first-order chi connectivity index (χ1) is 19.1. The van der Waals surface area contributed by atoms with Gasteiger partial charge in [0, 0.05) is 29.8 Å². The Kier molecular flexibility index (Phi) is 7.51. The van der Waals surface area contributed by atoms with Gasteiger partial charge in [-0.3, -0.25) is 9.36 Å². The maximum Gasteiger partial charge on any atom is 0.452 e. The smallest absolute Gasteiger partial charge is 0.452 e. The second kappa shape index (κ2) is 10.9. The van der Waals surface area contributed by atoms with Gasteiger partial charge in [-0.1, -0.05) is 28.9 Å². The number of fused-ring (bicyclic) bond motifs is 3. The number of aromatic nitrogens is 5. The van der Waals surface area contributed by atoms with Crippen molar-refractivity contribution >= 4 is 17.6 Å². The third kappa shape index (κ3) is 5.39. The molecule has 2 atom stereocenters. The number of benzene rings is 2. The average molecular weight is 578 g/mol. The second-order valence-corrected chi connectivity index (χ2v) is 9.59. The number of carboxylic acid groups (broad SMARTS) is 1. The summed E-state index contributed by atoms with van der Waals surface area (Å²) >= 11 is 6.33. The Morgan fingerprint density at radius 2 is 2.00 bits per heavy atom. The summed E-state index contributed by atoms with van der Waals surface area (Å²) in [5, 5.41) is 20.5. The molecule has 0 fully saturated rings. The number of methoxy groups -OCH3 is 1. The van der Waals surface area contributed by atoms with Gasteiger partial charge in [0.2, 0.25) is 11.7 Å². The lowest BCUT2D eigenvalue weighted by molar-refractivity contribution is -0.146. The molecule has 4 aromatic rings. The number of alkyl halides is 3. The van der Waals surface area contributed by atoms with Gasteiger partial charge in [0.25, 0.3) is 0 Å². The quantitative estimate of drug-likeness (QED) is 0.291. The van der Waals surface area contributed by atoms with E-state index < -0.39 is 30.2 Å². The van der Waals surface area contributed by atoms with Gasteiger partial charge in [-0.2, -0.15) is 18.2 Å². The SMILES string of the molecule is COc1cccc([C@H]2O[C@H](Cc3noc(CCCC(=O)O)n3)c3nnc(C(F)(F)F)n3-c3ccc(Cl)cc32)c1C. The number of aliphatic carboxylic acids is 1. The van der Waals surface area contributed by atoms with Crippen LogP contribution < -0.4 is 4.74 Å². The van der Waals surface area contributed by atoms with Crippen LogP contribution in [0.4, 0.5) is 13.2 Å². The molecule has 0 bridgehead atoms. The van der Waals surface area contributed by atoms with Gasteiger partial charge in [-0.15, -0.1) is 10.2 Å². The highest BCUT2D eigenvalue weighted by molar-refractivity contribution is 6.30. The van der Waals surface area contributed by atoms with Crippen LogP contribution in [0.25, 0.3) is 5.69 Å². The van der Waals surface area contributed by atoms with Gasteiger partial charge in [-0.05, 0) is 48.7 Å². The van der Waals surface area contributed by atoms with E-state index in [1.807, 2.05) is 6.92 Å². The average Bonchev–Trinajstić information content (AvgIpc) is 3.51. The largest absolute Gasteiger partial charge is 0.496 e. The minimum absolute atomic E-state index is 0.0742. The summed E-state index contributed by atoms with van der Waals surface area (Å²) in [6.07, 6.45) is -6.44. The normalized spacial score (nSPS) is 16.8. The van der Waals surface area contributed by atoms with Crippen LogP contribution in [-0.2, 0) is 28.5 Å². The van der Waals surface area contributed by atoms with E-state index >= 15 is 0 Å². The molecule has 1 N–H and O–H groups in total. The van der Waals surface area contributed by atoms with E-state index in [1.54, 1.807) is 24.3 Å². The van der Waals surface area contributed by atoms with E-state index in [2.05, 4.69) is 20.3 Å². The first-order valence-electron chi connectivity index (χ1n) is 12.2. The highest BCUT2D eigenvalue weighted by atomic mass is 35.5. The molecular formula is C26H23ClF3N5O5. The monoisotopic (exact) mass is 577 g/mol. The third-order valence-electron chi connectivity index (χ3n) is 6.53. The summed E-state index contributed by atoms with van der Waals surface area (Å²) in [5.74, 6) is -1.34. The molecule has 0 aliphatic carbocycles. The number of carbonyl (C=O) groups is 1. The molecule has 1 aliphatic rings. The Morgan fingerprint density at radius 3 is 2.73 bits per heavy atom. The predicted octanol–water partition coefficient (Wildman–Crippen LogP) is 5.45. The molecule has 1 aliphatic heterocycles. The van der Waals surface area contributed by atoms with E-state index in [-0.39, 0.29) is 48.9 Å². The lowest BCUT2D eigenvalue weighted by Gasteiger charge is -2.24. The molecule has 210 valence electrons. The Balaban J connectivity index is 1.62. The van der Waals surface area contributed by atoms with Crippen LogP contribution in [0, 0.1) is 6.92 Å². The number of aryl methyl sites for hydroxylation is 1. The highest BCUT2D eigenvalue weighted by Gasteiger charge is 2.43. The lowest BCUT2D eigenvalue weighted by Crippen LogP contribution is -2.17. The molecule has 0 radical (unpaired) electrons. The second-order valence-electron chi connectivity index (χ2n) is 9.15. The highest BCUT2D eigenvalue weighted by Crippen LogP contribution is 2.45. The molecule has 2 aromatic heterocycles. The zero-order chi connectivity index (χ0) is 28.6. The van der Waals surface area contributed by atoms with E-state index in [9.17, 15) is 18.0 Å².